The normalized spacial score (nSPS) is 11.4. The number of hydrogen-bond acceptors (Lipinski definition) is 4. The van der Waals surface area contributed by atoms with Crippen LogP contribution in [0, 0.1) is 12.7 Å². The Bertz CT molecular complexity index is 690. The number of nitrogens with zero attached hydrogens (tertiary/aromatic N) is 3. The van der Waals surface area contributed by atoms with E-state index >= 15 is 0 Å². The number of likely N-dealkylation sites (N-methyl/N-ethyl adjacent to an activating group) is 1. The molecule has 0 saturated heterocycles. The molecule has 0 bridgehead atoms. The van der Waals surface area contributed by atoms with E-state index in [9.17, 15) is 4.39 Å². The highest BCUT2D eigenvalue weighted by atomic mass is 127. The monoisotopic (exact) mass is 505 g/mol. The fourth-order valence-electron chi connectivity index (χ4n) is 2.46. The second kappa shape index (κ2) is 13.0. The summed E-state index contributed by atoms with van der Waals surface area (Å²) in [6.07, 6.45) is 2.81. The maximum Gasteiger partial charge on any atom is 0.191 e. The number of thiazole rings is 1. The molecule has 2 aromatic rings. The van der Waals surface area contributed by atoms with Crippen molar-refractivity contribution >= 4 is 41.3 Å². The number of aryl methyl sites for hydroxylation is 1. The van der Waals surface area contributed by atoms with Crippen LogP contribution in [0.4, 0.5) is 4.39 Å². The number of hydrogen-bond donors (Lipinski definition) is 2. The first-order chi connectivity index (χ1) is 12.6. The summed E-state index contributed by atoms with van der Waals surface area (Å²) in [5.41, 5.74) is 1.10. The summed E-state index contributed by atoms with van der Waals surface area (Å²) in [5.74, 6) is 0.631. The summed E-state index contributed by atoms with van der Waals surface area (Å²) >= 11 is 1.73. The van der Waals surface area contributed by atoms with Crippen LogP contribution in [0.3, 0.4) is 0 Å². The van der Waals surface area contributed by atoms with Crippen molar-refractivity contribution in [1.29, 1.82) is 0 Å². The van der Waals surface area contributed by atoms with Crippen molar-refractivity contribution in [2.45, 2.75) is 26.8 Å². The minimum atomic E-state index is -0.199. The summed E-state index contributed by atoms with van der Waals surface area (Å²) < 4.78 is 13.0. The Morgan fingerprint density at radius 2 is 2.00 bits per heavy atom. The molecule has 0 atom stereocenters. The Balaban J connectivity index is 0.00000364. The molecule has 150 valence electrons. The van der Waals surface area contributed by atoms with E-state index in [2.05, 4.69) is 39.4 Å². The van der Waals surface area contributed by atoms with Gasteiger partial charge in [-0.25, -0.2) is 9.37 Å². The number of benzene rings is 1. The number of aromatic nitrogens is 1. The average molecular weight is 505 g/mol. The van der Waals surface area contributed by atoms with Gasteiger partial charge in [-0.1, -0.05) is 12.1 Å². The van der Waals surface area contributed by atoms with E-state index in [0.29, 0.717) is 6.54 Å². The van der Waals surface area contributed by atoms with Crippen molar-refractivity contribution in [3.05, 3.63) is 51.7 Å². The molecule has 0 unspecified atom stereocenters. The molecule has 8 heteroatoms. The average Bonchev–Trinajstić information content (AvgIpc) is 3.02. The van der Waals surface area contributed by atoms with Crippen LogP contribution in [0.1, 0.15) is 22.4 Å². The lowest BCUT2D eigenvalue weighted by atomic mass is 10.2. The van der Waals surface area contributed by atoms with Gasteiger partial charge >= 0.3 is 0 Å². The van der Waals surface area contributed by atoms with Crippen LogP contribution in [0.25, 0.3) is 0 Å². The Morgan fingerprint density at radius 3 is 2.63 bits per heavy atom. The van der Waals surface area contributed by atoms with Gasteiger partial charge in [-0.2, -0.15) is 0 Å². The first kappa shape index (κ1) is 23.8. The van der Waals surface area contributed by atoms with Gasteiger partial charge in [0.1, 0.15) is 5.82 Å². The van der Waals surface area contributed by atoms with Gasteiger partial charge in [-0.15, -0.1) is 35.3 Å². The third kappa shape index (κ3) is 9.48. The minimum Gasteiger partial charge on any atom is -0.357 e. The molecule has 1 heterocycles. The lowest BCUT2D eigenvalue weighted by Gasteiger charge is -2.16. The summed E-state index contributed by atoms with van der Waals surface area (Å²) in [6.45, 7) is 8.08. The lowest BCUT2D eigenvalue weighted by Crippen LogP contribution is -2.38. The van der Waals surface area contributed by atoms with Gasteiger partial charge < -0.3 is 15.5 Å². The Kier molecular flexibility index (Phi) is 11.5. The third-order valence-corrected chi connectivity index (χ3v) is 4.73. The molecule has 0 aliphatic carbocycles. The zero-order chi connectivity index (χ0) is 18.8. The Hall–Kier alpha value is -1.26. The van der Waals surface area contributed by atoms with Gasteiger partial charge in [0, 0.05) is 43.7 Å². The molecule has 1 aromatic carbocycles. The minimum absolute atomic E-state index is 0. The smallest absolute Gasteiger partial charge is 0.191 e. The van der Waals surface area contributed by atoms with E-state index in [1.54, 1.807) is 11.3 Å². The molecular formula is C19H29FIN5S. The quantitative estimate of drug-likeness (QED) is 0.312. The van der Waals surface area contributed by atoms with Crippen LogP contribution in [0.2, 0.25) is 0 Å². The topological polar surface area (TPSA) is 52.6 Å². The predicted molar refractivity (Wildman–Crippen MR) is 123 cm³/mol. The molecule has 2 N–H and O–H groups in total. The number of aliphatic imine (C=N–C) groups is 1. The van der Waals surface area contributed by atoms with Crippen molar-refractivity contribution in [1.82, 2.24) is 20.5 Å². The molecule has 5 nitrogen and oxygen atoms in total. The molecule has 27 heavy (non-hydrogen) atoms. The second-order valence-corrected chi connectivity index (χ2v) is 7.49. The van der Waals surface area contributed by atoms with E-state index in [1.807, 2.05) is 25.4 Å². The SMILES string of the molecule is CCNC(=NCCN(C)Cc1ccc(F)cc1)NCCc1ncc(C)s1.I. The van der Waals surface area contributed by atoms with Crippen molar-refractivity contribution in [3.8, 4) is 0 Å². The van der Waals surface area contributed by atoms with Gasteiger partial charge in [-0.05, 0) is 38.6 Å². The molecular weight excluding hydrogens is 476 g/mol. The molecule has 0 spiro atoms. The summed E-state index contributed by atoms with van der Waals surface area (Å²) in [7, 11) is 2.05. The standard InChI is InChI=1S/C19H28FN5S.HI/c1-4-21-19(22-10-9-18-24-13-15(2)26-18)23-11-12-25(3)14-16-5-7-17(20)8-6-16;/h5-8,13H,4,9-12,14H2,1-3H3,(H2,21,22,23);1H. The van der Waals surface area contributed by atoms with E-state index in [0.717, 1.165) is 49.1 Å². The summed E-state index contributed by atoms with van der Waals surface area (Å²) in [6, 6.07) is 6.64. The van der Waals surface area contributed by atoms with Crippen LogP contribution in [0.5, 0.6) is 0 Å². The predicted octanol–water partition coefficient (Wildman–Crippen LogP) is 3.44. The van der Waals surface area contributed by atoms with Crippen molar-refractivity contribution in [2.24, 2.45) is 4.99 Å². The van der Waals surface area contributed by atoms with Gasteiger partial charge in [0.2, 0.25) is 0 Å². The number of nitrogens with one attached hydrogen (secondary N) is 2. The third-order valence-electron chi connectivity index (χ3n) is 3.76. The van der Waals surface area contributed by atoms with E-state index in [1.165, 1.54) is 17.0 Å². The molecule has 2 rings (SSSR count). The first-order valence-electron chi connectivity index (χ1n) is 8.93. The Labute approximate surface area is 182 Å². The van der Waals surface area contributed by atoms with Gasteiger partial charge in [-0.3, -0.25) is 4.99 Å². The largest absolute Gasteiger partial charge is 0.357 e. The molecule has 0 aliphatic heterocycles. The van der Waals surface area contributed by atoms with Crippen LogP contribution in [0.15, 0.2) is 35.5 Å². The van der Waals surface area contributed by atoms with E-state index in [4.69, 9.17) is 0 Å². The van der Waals surface area contributed by atoms with E-state index in [-0.39, 0.29) is 29.8 Å². The molecule has 0 aliphatic rings. The highest BCUT2D eigenvalue weighted by Crippen LogP contribution is 2.10. The summed E-state index contributed by atoms with van der Waals surface area (Å²) in [4.78, 5) is 12.4. The number of halogens is 2. The number of guanidine groups is 1. The van der Waals surface area contributed by atoms with E-state index < -0.39 is 0 Å². The van der Waals surface area contributed by atoms with Gasteiger partial charge in [0.05, 0.1) is 11.6 Å². The molecule has 0 saturated carbocycles. The zero-order valence-electron chi connectivity index (χ0n) is 16.2. The highest BCUT2D eigenvalue weighted by Gasteiger charge is 2.03. The fourth-order valence-corrected chi connectivity index (χ4v) is 3.25. The van der Waals surface area contributed by atoms with Gasteiger partial charge in [0.15, 0.2) is 5.96 Å². The first-order valence-corrected chi connectivity index (χ1v) is 9.75. The van der Waals surface area contributed by atoms with Gasteiger partial charge in [0.25, 0.3) is 0 Å². The molecule has 0 fully saturated rings. The van der Waals surface area contributed by atoms with Crippen molar-refractivity contribution in [2.75, 3.05) is 33.2 Å². The highest BCUT2D eigenvalue weighted by molar-refractivity contribution is 14.0. The maximum atomic E-state index is 13.0. The van der Waals surface area contributed by atoms with Crippen LogP contribution in [-0.2, 0) is 13.0 Å². The van der Waals surface area contributed by atoms with Crippen LogP contribution < -0.4 is 10.6 Å². The molecule has 0 amide bonds. The summed E-state index contributed by atoms with van der Waals surface area (Å²) in [5, 5.41) is 7.76. The molecule has 0 radical (unpaired) electrons. The fraction of sp³-hybridized carbons (Fsp3) is 0.474. The van der Waals surface area contributed by atoms with Crippen molar-refractivity contribution in [3.63, 3.8) is 0 Å². The molecule has 1 aromatic heterocycles. The van der Waals surface area contributed by atoms with Crippen LogP contribution >= 0.6 is 35.3 Å². The Morgan fingerprint density at radius 1 is 1.26 bits per heavy atom. The van der Waals surface area contributed by atoms with Crippen molar-refractivity contribution < 1.29 is 4.39 Å². The maximum absolute atomic E-state index is 13.0. The zero-order valence-corrected chi connectivity index (χ0v) is 19.3. The lowest BCUT2D eigenvalue weighted by molar-refractivity contribution is 0.336. The van der Waals surface area contributed by atoms with Crippen LogP contribution in [-0.4, -0.2) is 49.1 Å². The number of rotatable bonds is 9. The second-order valence-electron chi connectivity index (χ2n) is 6.17.